The Balaban J connectivity index is -0.000000542. The van der Waals surface area contributed by atoms with E-state index in [1.807, 2.05) is 62.5 Å². The number of rotatable bonds is 10. The highest BCUT2D eigenvalue weighted by Crippen LogP contribution is 2.33. The molecule has 4 heteroatoms. The number of nitrogens with zero attached hydrogens (tertiary/aromatic N) is 2. The van der Waals surface area contributed by atoms with Crippen molar-refractivity contribution in [1.82, 2.24) is 15.1 Å². The SMILES string of the molecule is CC.CC.CC.CC.CNCC(C)(C)CC(C)(C)N1CCCN(CC(C)(C)CC(C)(C)OC)CC1. The molecule has 1 fully saturated rings. The molecule has 0 amide bonds. The zero-order valence-electron chi connectivity index (χ0n) is 28.2. The Hall–Kier alpha value is -0.160. The number of methoxy groups -OCH3 is 1. The molecule has 0 aromatic carbocycles. The smallest absolute Gasteiger partial charge is 0.0628 e. The van der Waals surface area contributed by atoms with Crippen LogP contribution < -0.4 is 5.32 Å². The highest BCUT2D eigenvalue weighted by molar-refractivity contribution is 4.91. The van der Waals surface area contributed by atoms with Gasteiger partial charge >= 0.3 is 0 Å². The summed E-state index contributed by atoms with van der Waals surface area (Å²) in [7, 11) is 3.89. The summed E-state index contributed by atoms with van der Waals surface area (Å²) >= 11 is 0. The van der Waals surface area contributed by atoms with Crippen LogP contribution in [0.1, 0.15) is 130 Å². The van der Waals surface area contributed by atoms with Crippen molar-refractivity contribution >= 4 is 0 Å². The second-order valence-corrected chi connectivity index (χ2v) is 11.6. The summed E-state index contributed by atoms with van der Waals surface area (Å²) in [6.45, 7) is 41.8. The largest absolute Gasteiger partial charge is 0.379 e. The van der Waals surface area contributed by atoms with Crippen molar-refractivity contribution in [3.05, 3.63) is 0 Å². The van der Waals surface area contributed by atoms with Gasteiger partial charge in [0.05, 0.1) is 5.60 Å². The Morgan fingerprint density at radius 3 is 1.57 bits per heavy atom. The minimum absolute atomic E-state index is 0.0533. The van der Waals surface area contributed by atoms with E-state index in [4.69, 9.17) is 4.74 Å². The molecule has 0 unspecified atom stereocenters. The Bertz CT molecular complexity index is 445. The summed E-state index contributed by atoms with van der Waals surface area (Å²) < 4.78 is 5.68. The van der Waals surface area contributed by atoms with Crippen molar-refractivity contribution in [3.63, 3.8) is 0 Å². The van der Waals surface area contributed by atoms with Gasteiger partial charge in [-0.05, 0) is 77.9 Å². The molecular formula is C31H73N3O. The van der Waals surface area contributed by atoms with Crippen LogP contribution in [0, 0.1) is 10.8 Å². The van der Waals surface area contributed by atoms with Crippen LogP contribution in [-0.2, 0) is 4.74 Å². The first-order valence-electron chi connectivity index (χ1n) is 14.9. The molecule has 1 rings (SSSR count). The zero-order chi connectivity index (χ0) is 28.9. The monoisotopic (exact) mass is 504 g/mol. The van der Waals surface area contributed by atoms with Gasteiger partial charge in [0.15, 0.2) is 0 Å². The van der Waals surface area contributed by atoms with Crippen molar-refractivity contribution in [2.45, 2.75) is 141 Å². The van der Waals surface area contributed by atoms with Gasteiger partial charge in [-0.15, -0.1) is 0 Å². The van der Waals surface area contributed by atoms with Gasteiger partial charge in [-0.1, -0.05) is 83.1 Å². The lowest BCUT2D eigenvalue weighted by Crippen LogP contribution is -2.49. The molecule has 0 aromatic rings. The topological polar surface area (TPSA) is 27.7 Å². The molecule has 4 nitrogen and oxygen atoms in total. The van der Waals surface area contributed by atoms with E-state index in [1.165, 1.54) is 39.0 Å². The van der Waals surface area contributed by atoms with Crippen LogP contribution in [0.15, 0.2) is 0 Å². The molecule has 1 aliphatic rings. The molecule has 0 radical (unpaired) electrons. The fourth-order valence-corrected chi connectivity index (χ4v) is 5.44. The minimum atomic E-state index is -0.0533. The van der Waals surface area contributed by atoms with Crippen LogP contribution in [0.2, 0.25) is 0 Å². The Labute approximate surface area is 225 Å². The second-order valence-electron chi connectivity index (χ2n) is 11.6. The van der Waals surface area contributed by atoms with E-state index in [0.29, 0.717) is 5.41 Å². The van der Waals surface area contributed by atoms with Crippen LogP contribution in [0.4, 0.5) is 0 Å². The summed E-state index contributed by atoms with van der Waals surface area (Å²) in [6.07, 6.45) is 3.56. The molecule has 1 heterocycles. The molecule has 1 aliphatic heterocycles. The van der Waals surface area contributed by atoms with Crippen molar-refractivity contribution < 1.29 is 4.74 Å². The van der Waals surface area contributed by atoms with E-state index in [9.17, 15) is 0 Å². The fraction of sp³-hybridized carbons (Fsp3) is 1.00. The quantitative estimate of drug-likeness (QED) is 0.324. The van der Waals surface area contributed by atoms with Crippen molar-refractivity contribution in [2.75, 3.05) is 53.4 Å². The van der Waals surface area contributed by atoms with E-state index >= 15 is 0 Å². The summed E-state index contributed by atoms with van der Waals surface area (Å²) in [4.78, 5) is 5.41. The normalized spacial score (nSPS) is 15.6. The van der Waals surface area contributed by atoms with Crippen LogP contribution in [0.25, 0.3) is 0 Å². The zero-order valence-corrected chi connectivity index (χ0v) is 28.2. The summed E-state index contributed by atoms with van der Waals surface area (Å²) in [5.41, 5.74) is 0.767. The highest BCUT2D eigenvalue weighted by Gasteiger charge is 2.35. The summed E-state index contributed by atoms with van der Waals surface area (Å²) in [5, 5.41) is 3.36. The Morgan fingerprint density at radius 1 is 0.657 bits per heavy atom. The van der Waals surface area contributed by atoms with Crippen molar-refractivity contribution in [2.24, 2.45) is 10.8 Å². The maximum absolute atomic E-state index is 5.68. The first-order valence-corrected chi connectivity index (χ1v) is 14.9. The van der Waals surface area contributed by atoms with Crippen molar-refractivity contribution in [3.8, 4) is 0 Å². The maximum Gasteiger partial charge on any atom is 0.0628 e. The predicted molar refractivity (Wildman–Crippen MR) is 164 cm³/mol. The van der Waals surface area contributed by atoms with E-state index in [-0.39, 0.29) is 16.6 Å². The van der Waals surface area contributed by atoms with E-state index in [0.717, 1.165) is 19.5 Å². The summed E-state index contributed by atoms with van der Waals surface area (Å²) in [6, 6.07) is 0. The molecule has 1 N–H and O–H groups in total. The number of hydrogen-bond acceptors (Lipinski definition) is 4. The molecule has 218 valence electrons. The lowest BCUT2D eigenvalue weighted by atomic mass is 9.79. The van der Waals surface area contributed by atoms with Crippen LogP contribution in [-0.4, -0.2) is 74.4 Å². The molecular weight excluding hydrogens is 430 g/mol. The van der Waals surface area contributed by atoms with Crippen LogP contribution in [0.3, 0.4) is 0 Å². The van der Waals surface area contributed by atoms with Crippen molar-refractivity contribution in [1.29, 1.82) is 0 Å². The molecule has 0 aromatic heterocycles. The molecule has 0 saturated carbocycles. The molecule has 35 heavy (non-hydrogen) atoms. The van der Waals surface area contributed by atoms with Gasteiger partial charge < -0.3 is 15.0 Å². The second kappa shape index (κ2) is 21.9. The highest BCUT2D eigenvalue weighted by atomic mass is 16.5. The molecule has 0 aliphatic carbocycles. The first-order chi connectivity index (χ1) is 16.2. The standard InChI is InChI=1S/C23H49N3O.4C2H6/c1-20(2,18-24-9)16-22(5,6)26-13-11-12-25(14-15-26)19-21(3,4)17-23(7,8)27-10;4*1-2/h24H,11-19H2,1-10H3;4*1-2H3. The van der Waals surface area contributed by atoms with Gasteiger partial charge in [-0.3, -0.25) is 4.90 Å². The third-order valence-corrected chi connectivity index (χ3v) is 6.12. The first kappa shape index (κ1) is 41.9. The number of hydrogen-bond donors (Lipinski definition) is 1. The molecule has 0 spiro atoms. The van der Waals surface area contributed by atoms with E-state index in [1.54, 1.807) is 0 Å². The average Bonchev–Trinajstić information content (AvgIpc) is 3.03. The predicted octanol–water partition coefficient (Wildman–Crippen LogP) is 8.35. The van der Waals surface area contributed by atoms with E-state index < -0.39 is 0 Å². The van der Waals surface area contributed by atoms with Gasteiger partial charge in [0.2, 0.25) is 0 Å². The number of nitrogens with one attached hydrogen (secondary N) is 1. The number of ether oxygens (including phenoxy) is 1. The summed E-state index contributed by atoms with van der Waals surface area (Å²) in [5.74, 6) is 0. The average molecular weight is 504 g/mol. The Morgan fingerprint density at radius 2 is 1.14 bits per heavy atom. The lowest BCUT2D eigenvalue weighted by molar-refractivity contribution is -0.0201. The van der Waals surface area contributed by atoms with Crippen LogP contribution in [0.5, 0.6) is 0 Å². The molecule has 1 saturated heterocycles. The lowest BCUT2D eigenvalue weighted by Gasteiger charge is -2.43. The minimum Gasteiger partial charge on any atom is -0.379 e. The molecule has 0 atom stereocenters. The van der Waals surface area contributed by atoms with Gasteiger partial charge in [0.25, 0.3) is 0 Å². The Kier molecular flexibility index (Phi) is 26.2. The van der Waals surface area contributed by atoms with Gasteiger partial charge in [-0.25, -0.2) is 0 Å². The van der Waals surface area contributed by atoms with Gasteiger partial charge in [0, 0.05) is 38.8 Å². The van der Waals surface area contributed by atoms with Gasteiger partial charge in [-0.2, -0.15) is 0 Å². The maximum atomic E-state index is 5.68. The third kappa shape index (κ3) is 20.6. The third-order valence-electron chi connectivity index (χ3n) is 6.12. The fourth-order valence-electron chi connectivity index (χ4n) is 5.44. The van der Waals surface area contributed by atoms with E-state index in [2.05, 4.69) is 77.6 Å². The van der Waals surface area contributed by atoms with Gasteiger partial charge in [0.1, 0.15) is 0 Å². The van der Waals surface area contributed by atoms with Crippen LogP contribution >= 0.6 is 0 Å². The molecule has 0 bridgehead atoms.